The highest BCUT2D eigenvalue weighted by molar-refractivity contribution is 5.83. The van der Waals surface area contributed by atoms with Crippen LogP contribution in [0.3, 0.4) is 0 Å². The normalized spacial score (nSPS) is 13.2. The number of benzene rings is 1. The summed E-state index contributed by atoms with van der Waals surface area (Å²) in [5.74, 6) is 0.385. The molecule has 0 saturated heterocycles. The maximum absolute atomic E-state index is 12.5. The molecule has 2 N–H and O–H groups in total. The first-order valence-electron chi connectivity index (χ1n) is 15.5. The first kappa shape index (κ1) is 35.6. The molecule has 0 heterocycles. The molecule has 0 fully saturated rings. The van der Waals surface area contributed by atoms with Crippen LogP contribution in [-0.4, -0.2) is 24.9 Å². The minimum Gasteiger partial charge on any atom is -0.354 e. The Kier molecular flexibility index (Phi) is 21.2. The largest absolute Gasteiger partial charge is 0.354 e. The van der Waals surface area contributed by atoms with Crippen molar-refractivity contribution in [3.63, 3.8) is 0 Å². The van der Waals surface area contributed by atoms with Gasteiger partial charge in [-0.1, -0.05) is 118 Å². The van der Waals surface area contributed by atoms with Crippen molar-refractivity contribution in [3.8, 4) is 0 Å². The maximum atomic E-state index is 12.5. The lowest BCUT2D eigenvalue weighted by atomic mass is 9.96. The second kappa shape index (κ2) is 24.4. The van der Waals surface area contributed by atoms with E-state index in [1.165, 1.54) is 5.56 Å². The SMILES string of the molecule is CC/C=C\C/C=C\C/C=C\C/C=C\C/C=C\C/C=C\CCC(=O)NCCNC(=O)C(C)c1ccc(CC(C)C)cc1. The summed E-state index contributed by atoms with van der Waals surface area (Å²) in [4.78, 5) is 24.5. The van der Waals surface area contributed by atoms with Gasteiger partial charge in [0.15, 0.2) is 0 Å². The number of rotatable bonds is 21. The number of hydrogen-bond acceptors (Lipinski definition) is 2. The number of allylic oxidation sites excluding steroid dienone is 12. The molecule has 0 aliphatic heterocycles. The maximum Gasteiger partial charge on any atom is 0.227 e. The van der Waals surface area contributed by atoms with Crippen LogP contribution in [-0.2, 0) is 16.0 Å². The highest BCUT2D eigenvalue weighted by Crippen LogP contribution is 2.17. The number of carbonyl (C=O) groups is 2. The Balaban J connectivity index is 2.05. The summed E-state index contributed by atoms with van der Waals surface area (Å²) in [6.07, 6.45) is 34.2. The van der Waals surface area contributed by atoms with Crippen LogP contribution in [0.25, 0.3) is 0 Å². The van der Waals surface area contributed by atoms with Crippen molar-refractivity contribution < 1.29 is 9.59 Å². The predicted molar refractivity (Wildman–Crippen MR) is 177 cm³/mol. The fraction of sp³-hybridized carbons (Fsp3) is 0.459. The van der Waals surface area contributed by atoms with Gasteiger partial charge >= 0.3 is 0 Å². The Bertz CT molecular complexity index is 1010. The number of amides is 2. The summed E-state index contributed by atoms with van der Waals surface area (Å²) in [6.45, 7) is 9.34. The topological polar surface area (TPSA) is 58.2 Å². The molecule has 0 spiro atoms. The van der Waals surface area contributed by atoms with Gasteiger partial charge in [0, 0.05) is 19.5 Å². The third-order valence-electron chi connectivity index (χ3n) is 6.40. The van der Waals surface area contributed by atoms with Gasteiger partial charge in [0.25, 0.3) is 0 Å². The van der Waals surface area contributed by atoms with Gasteiger partial charge in [-0.2, -0.15) is 0 Å². The van der Waals surface area contributed by atoms with Crippen molar-refractivity contribution in [1.29, 1.82) is 0 Å². The van der Waals surface area contributed by atoms with Crippen LogP contribution in [0.15, 0.2) is 97.2 Å². The summed E-state index contributed by atoms with van der Waals surface area (Å²) < 4.78 is 0. The Hall–Kier alpha value is -3.40. The van der Waals surface area contributed by atoms with Crippen molar-refractivity contribution in [2.45, 2.75) is 91.4 Å². The molecule has 0 aromatic heterocycles. The van der Waals surface area contributed by atoms with Gasteiger partial charge in [-0.3, -0.25) is 9.59 Å². The summed E-state index contributed by atoms with van der Waals surface area (Å²) in [5, 5.41) is 5.81. The number of hydrogen-bond donors (Lipinski definition) is 2. The zero-order chi connectivity index (χ0) is 30.0. The number of carbonyl (C=O) groups excluding carboxylic acids is 2. The Labute approximate surface area is 250 Å². The van der Waals surface area contributed by atoms with Gasteiger partial charge in [-0.05, 0) is 75.3 Å². The van der Waals surface area contributed by atoms with E-state index >= 15 is 0 Å². The molecular formula is C37H54N2O2. The van der Waals surface area contributed by atoms with Gasteiger partial charge in [-0.15, -0.1) is 0 Å². The van der Waals surface area contributed by atoms with Gasteiger partial charge in [0.2, 0.25) is 11.8 Å². The van der Waals surface area contributed by atoms with Crippen LogP contribution in [0.4, 0.5) is 0 Å². The Morgan fingerprint density at radius 3 is 1.61 bits per heavy atom. The molecule has 41 heavy (non-hydrogen) atoms. The molecule has 1 atom stereocenters. The van der Waals surface area contributed by atoms with Crippen LogP contribution in [0.5, 0.6) is 0 Å². The highest BCUT2D eigenvalue weighted by atomic mass is 16.2. The molecule has 1 rings (SSSR count). The Morgan fingerprint density at radius 1 is 0.659 bits per heavy atom. The standard InChI is InChI=1S/C37H54N2O2/c1-5-6-7-8-9-10-11-12-13-14-15-16-17-18-19-20-21-22-23-24-36(40)38-29-30-39-37(41)33(4)35-27-25-34(26-28-35)31-32(2)3/h6-7,9-10,12-13,15-16,18-19,21-22,25-28,32-33H,5,8,11,14,17,20,23-24,29-31H2,1-4H3,(H,38,40)(H,39,41)/b7-6-,10-9-,13-12-,16-15-,19-18-,22-21-. The minimum absolute atomic E-state index is 0.00701. The smallest absolute Gasteiger partial charge is 0.227 e. The van der Waals surface area contributed by atoms with Crippen LogP contribution in [0.1, 0.15) is 96.1 Å². The lowest BCUT2D eigenvalue weighted by Crippen LogP contribution is -2.36. The summed E-state index contributed by atoms with van der Waals surface area (Å²) in [6, 6.07) is 8.30. The van der Waals surface area contributed by atoms with Crippen LogP contribution in [0, 0.1) is 5.92 Å². The third-order valence-corrected chi connectivity index (χ3v) is 6.40. The third kappa shape index (κ3) is 20.2. The number of nitrogens with one attached hydrogen (secondary N) is 2. The lowest BCUT2D eigenvalue weighted by Gasteiger charge is -2.14. The van der Waals surface area contributed by atoms with Crippen molar-refractivity contribution in [1.82, 2.24) is 10.6 Å². The molecule has 0 saturated carbocycles. The highest BCUT2D eigenvalue weighted by Gasteiger charge is 2.14. The molecule has 0 bridgehead atoms. The molecule has 4 heteroatoms. The van der Waals surface area contributed by atoms with E-state index in [1.54, 1.807) is 0 Å². The van der Waals surface area contributed by atoms with Gasteiger partial charge in [-0.25, -0.2) is 0 Å². The monoisotopic (exact) mass is 558 g/mol. The predicted octanol–water partition coefficient (Wildman–Crippen LogP) is 8.70. The first-order chi connectivity index (χ1) is 19.9. The van der Waals surface area contributed by atoms with Gasteiger partial charge < -0.3 is 10.6 Å². The van der Waals surface area contributed by atoms with E-state index in [9.17, 15) is 9.59 Å². The molecule has 0 aliphatic carbocycles. The fourth-order valence-corrected chi connectivity index (χ4v) is 4.05. The molecule has 224 valence electrons. The van der Waals surface area contributed by atoms with Gasteiger partial charge in [0.05, 0.1) is 5.92 Å². The lowest BCUT2D eigenvalue weighted by molar-refractivity contribution is -0.123. The quantitative estimate of drug-likeness (QED) is 0.117. The summed E-state index contributed by atoms with van der Waals surface area (Å²) in [5.41, 5.74) is 2.30. The van der Waals surface area contributed by atoms with E-state index in [-0.39, 0.29) is 17.7 Å². The van der Waals surface area contributed by atoms with Gasteiger partial charge in [0.1, 0.15) is 0 Å². The first-order valence-corrected chi connectivity index (χ1v) is 15.5. The van der Waals surface area contributed by atoms with E-state index in [4.69, 9.17) is 0 Å². The van der Waals surface area contributed by atoms with E-state index in [1.807, 2.05) is 19.1 Å². The zero-order valence-corrected chi connectivity index (χ0v) is 26.0. The molecule has 1 unspecified atom stereocenters. The molecule has 1 aromatic carbocycles. The fourth-order valence-electron chi connectivity index (χ4n) is 4.05. The van der Waals surface area contributed by atoms with Crippen LogP contribution < -0.4 is 10.6 Å². The van der Waals surface area contributed by atoms with E-state index in [0.717, 1.165) is 50.5 Å². The second-order valence-electron chi connectivity index (χ2n) is 10.7. The minimum atomic E-state index is -0.216. The average Bonchev–Trinajstić information content (AvgIpc) is 2.96. The van der Waals surface area contributed by atoms with Crippen LogP contribution >= 0.6 is 0 Å². The van der Waals surface area contributed by atoms with E-state index < -0.39 is 0 Å². The van der Waals surface area contributed by atoms with Crippen LogP contribution in [0.2, 0.25) is 0 Å². The van der Waals surface area contributed by atoms with Crippen molar-refractivity contribution >= 4 is 11.8 Å². The molecule has 4 nitrogen and oxygen atoms in total. The van der Waals surface area contributed by atoms with E-state index in [0.29, 0.717) is 31.8 Å². The molecular weight excluding hydrogens is 504 g/mol. The van der Waals surface area contributed by atoms with Crippen molar-refractivity contribution in [3.05, 3.63) is 108 Å². The zero-order valence-electron chi connectivity index (χ0n) is 26.0. The average molecular weight is 559 g/mol. The molecule has 2 amide bonds. The van der Waals surface area contributed by atoms with Crippen molar-refractivity contribution in [2.24, 2.45) is 5.92 Å². The molecule has 0 aliphatic rings. The van der Waals surface area contributed by atoms with Crippen molar-refractivity contribution in [2.75, 3.05) is 13.1 Å². The summed E-state index contributed by atoms with van der Waals surface area (Å²) in [7, 11) is 0. The van der Waals surface area contributed by atoms with E-state index in [2.05, 4.69) is 116 Å². The molecule has 1 aromatic rings. The summed E-state index contributed by atoms with van der Waals surface area (Å²) >= 11 is 0. The Morgan fingerprint density at radius 2 is 1.12 bits per heavy atom. The molecule has 0 radical (unpaired) electrons. The second-order valence-corrected chi connectivity index (χ2v) is 10.7.